The molecule has 2 unspecified atom stereocenters. The van der Waals surface area contributed by atoms with Gasteiger partial charge in [0.05, 0.1) is 18.8 Å². The molecule has 0 aromatic carbocycles. The summed E-state index contributed by atoms with van der Waals surface area (Å²) in [6.07, 6.45) is -0.921. The molecule has 0 saturated heterocycles. The van der Waals surface area contributed by atoms with E-state index in [9.17, 15) is 13.6 Å². The van der Waals surface area contributed by atoms with Crippen molar-refractivity contribution in [3.63, 3.8) is 0 Å². The van der Waals surface area contributed by atoms with Gasteiger partial charge >= 0.3 is 6.09 Å². The number of nitrogens with zero attached hydrogens (tertiary/aromatic N) is 4. The molecule has 1 aromatic rings. The fourth-order valence-corrected chi connectivity index (χ4v) is 3.23. The van der Waals surface area contributed by atoms with Crippen LogP contribution in [0.4, 0.5) is 13.6 Å². The van der Waals surface area contributed by atoms with Gasteiger partial charge in [0.2, 0.25) is 6.43 Å². The van der Waals surface area contributed by atoms with E-state index in [2.05, 4.69) is 26.2 Å². The Balaban J connectivity index is 2.76. The van der Waals surface area contributed by atoms with E-state index in [0.717, 1.165) is 12.8 Å². The van der Waals surface area contributed by atoms with Crippen LogP contribution in [0.15, 0.2) is 0 Å². The minimum atomic E-state index is -2.35. The number of amides is 1. The lowest BCUT2D eigenvalue weighted by molar-refractivity contribution is 0.00204. The first-order valence-corrected chi connectivity index (χ1v) is 12.1. The number of hydrogen-bond donors (Lipinski definition) is 2. The zero-order valence-electron chi connectivity index (χ0n) is 22.0. The molecule has 198 valence electrons. The monoisotopic (exact) mass is 490 g/mol. The third kappa shape index (κ3) is 11.5. The Labute approximate surface area is 202 Å². The number of carbonyl (C=O) groups is 1. The van der Waals surface area contributed by atoms with E-state index >= 15 is 0 Å². The Morgan fingerprint density at radius 2 is 1.76 bits per heavy atom. The first-order chi connectivity index (χ1) is 15.7. The maximum absolute atomic E-state index is 12.9. The molecule has 1 heterocycles. The number of halogens is 2. The summed E-state index contributed by atoms with van der Waals surface area (Å²) < 4.78 is 38.7. The van der Waals surface area contributed by atoms with E-state index < -0.39 is 24.0 Å². The highest BCUT2D eigenvalue weighted by Gasteiger charge is 2.35. The average molecular weight is 491 g/mol. The molecular weight excluding hydrogens is 446 g/mol. The third-order valence-electron chi connectivity index (χ3n) is 5.23. The zero-order chi connectivity index (χ0) is 25.9. The number of carbonyl (C=O) groups excluding carboxylic acids is 1. The first-order valence-electron chi connectivity index (χ1n) is 12.1. The van der Waals surface area contributed by atoms with Crippen molar-refractivity contribution in [2.24, 2.45) is 11.3 Å². The van der Waals surface area contributed by atoms with Crippen molar-refractivity contribution in [3.05, 3.63) is 5.82 Å². The molecule has 9 nitrogen and oxygen atoms in total. The highest BCUT2D eigenvalue weighted by molar-refractivity contribution is 5.67. The van der Waals surface area contributed by atoms with Gasteiger partial charge < -0.3 is 20.1 Å². The van der Waals surface area contributed by atoms with E-state index in [1.54, 1.807) is 11.6 Å². The van der Waals surface area contributed by atoms with Crippen molar-refractivity contribution < 1.29 is 23.0 Å². The number of unbranched alkanes of at least 4 members (excludes halogenated alkanes) is 1. The van der Waals surface area contributed by atoms with Gasteiger partial charge in [0, 0.05) is 24.4 Å². The van der Waals surface area contributed by atoms with Crippen LogP contribution in [0, 0.1) is 11.3 Å². The van der Waals surface area contributed by atoms with Crippen molar-refractivity contribution in [2.75, 3.05) is 19.7 Å². The minimum Gasteiger partial charge on any atom is -0.444 e. The molecule has 0 fully saturated rings. The van der Waals surface area contributed by atoms with Crippen LogP contribution >= 0.6 is 0 Å². The number of nitrogens with one attached hydrogen (secondary N) is 2. The summed E-state index contributed by atoms with van der Waals surface area (Å²) in [5.41, 5.74) is -0.921. The number of tetrazole rings is 1. The van der Waals surface area contributed by atoms with E-state index in [4.69, 9.17) is 9.47 Å². The molecular formula is C23H44F2N6O3. The maximum atomic E-state index is 12.9. The van der Waals surface area contributed by atoms with Crippen LogP contribution in [-0.2, 0) is 16.0 Å². The molecule has 1 amide bonds. The second-order valence-electron chi connectivity index (χ2n) is 10.7. The van der Waals surface area contributed by atoms with Crippen molar-refractivity contribution in [2.45, 2.75) is 105 Å². The molecule has 0 radical (unpaired) electrons. The average Bonchev–Trinajstić information content (AvgIpc) is 3.15. The van der Waals surface area contributed by atoms with Gasteiger partial charge in [0.25, 0.3) is 0 Å². The Hall–Kier alpha value is -1.88. The molecule has 1 aromatic heterocycles. The van der Waals surface area contributed by atoms with Gasteiger partial charge in [-0.3, -0.25) is 0 Å². The lowest BCUT2D eigenvalue weighted by atomic mass is 9.84. The summed E-state index contributed by atoms with van der Waals surface area (Å²) in [5, 5.41) is 18.4. The summed E-state index contributed by atoms with van der Waals surface area (Å²) in [6.45, 7) is 16.9. The van der Waals surface area contributed by atoms with Crippen LogP contribution in [-0.4, -0.2) is 64.1 Å². The van der Waals surface area contributed by atoms with E-state index in [1.165, 1.54) is 0 Å². The lowest BCUT2D eigenvalue weighted by Gasteiger charge is -2.35. The second kappa shape index (κ2) is 13.9. The topological polar surface area (TPSA) is 103 Å². The molecule has 0 spiro atoms. The van der Waals surface area contributed by atoms with Crippen molar-refractivity contribution in [1.29, 1.82) is 0 Å². The van der Waals surface area contributed by atoms with Crippen molar-refractivity contribution in [1.82, 2.24) is 30.8 Å². The summed E-state index contributed by atoms with van der Waals surface area (Å²) in [6, 6.07) is -0.286. The SMILES string of the molecule is CC(C)OCC(C)(C)C(NCCC(C)C(F)F)c1nnnn1CCCCNC(=O)OC(C)(C)C. The molecule has 11 heteroatoms. The van der Waals surface area contributed by atoms with Gasteiger partial charge in [-0.25, -0.2) is 18.3 Å². The van der Waals surface area contributed by atoms with Gasteiger partial charge in [0.15, 0.2) is 5.82 Å². The first kappa shape index (κ1) is 30.2. The molecule has 0 aliphatic heterocycles. The predicted octanol–water partition coefficient (Wildman–Crippen LogP) is 4.35. The highest BCUT2D eigenvalue weighted by atomic mass is 19.3. The molecule has 0 bridgehead atoms. The summed E-state index contributed by atoms with van der Waals surface area (Å²) in [4.78, 5) is 11.8. The van der Waals surface area contributed by atoms with Crippen LogP contribution in [0.3, 0.4) is 0 Å². The van der Waals surface area contributed by atoms with Crippen LogP contribution in [0.1, 0.15) is 86.5 Å². The smallest absolute Gasteiger partial charge is 0.407 e. The molecule has 2 N–H and O–H groups in total. The van der Waals surface area contributed by atoms with Crippen LogP contribution < -0.4 is 10.6 Å². The van der Waals surface area contributed by atoms with Crippen molar-refractivity contribution in [3.8, 4) is 0 Å². The highest BCUT2D eigenvalue weighted by Crippen LogP contribution is 2.33. The molecule has 0 aliphatic carbocycles. The quantitative estimate of drug-likeness (QED) is 0.352. The van der Waals surface area contributed by atoms with Crippen LogP contribution in [0.5, 0.6) is 0 Å². The van der Waals surface area contributed by atoms with Crippen LogP contribution in [0.25, 0.3) is 0 Å². The summed E-state index contributed by atoms with van der Waals surface area (Å²) in [7, 11) is 0. The molecule has 0 aliphatic rings. The Morgan fingerprint density at radius 1 is 1.09 bits per heavy atom. The van der Waals surface area contributed by atoms with Gasteiger partial charge in [-0.15, -0.1) is 5.10 Å². The Morgan fingerprint density at radius 3 is 2.35 bits per heavy atom. The van der Waals surface area contributed by atoms with Crippen molar-refractivity contribution >= 4 is 6.09 Å². The number of rotatable bonds is 15. The van der Waals surface area contributed by atoms with Gasteiger partial charge in [0.1, 0.15) is 5.60 Å². The van der Waals surface area contributed by atoms with Crippen LogP contribution in [0.2, 0.25) is 0 Å². The van der Waals surface area contributed by atoms with E-state index in [1.807, 2.05) is 48.5 Å². The minimum absolute atomic E-state index is 0.0623. The zero-order valence-corrected chi connectivity index (χ0v) is 22.0. The fourth-order valence-electron chi connectivity index (χ4n) is 3.23. The van der Waals surface area contributed by atoms with Gasteiger partial charge in [-0.2, -0.15) is 0 Å². The predicted molar refractivity (Wildman–Crippen MR) is 127 cm³/mol. The normalized spacial score (nSPS) is 14.5. The number of hydrogen-bond acceptors (Lipinski definition) is 7. The molecule has 2 atom stereocenters. The van der Waals surface area contributed by atoms with Gasteiger partial charge in [-0.1, -0.05) is 20.8 Å². The van der Waals surface area contributed by atoms with E-state index in [0.29, 0.717) is 38.5 Å². The van der Waals surface area contributed by atoms with E-state index in [-0.39, 0.29) is 17.6 Å². The Kier molecular flexibility index (Phi) is 12.3. The number of alkyl carbamates (subject to hydrolysis) is 1. The Bertz CT molecular complexity index is 722. The molecule has 34 heavy (non-hydrogen) atoms. The number of alkyl halides is 2. The summed E-state index contributed by atoms with van der Waals surface area (Å²) >= 11 is 0. The second-order valence-corrected chi connectivity index (χ2v) is 10.7. The number of aryl methyl sites for hydroxylation is 1. The maximum Gasteiger partial charge on any atom is 0.407 e. The third-order valence-corrected chi connectivity index (χ3v) is 5.23. The fraction of sp³-hybridized carbons (Fsp3) is 0.913. The number of aromatic nitrogens is 4. The summed E-state index contributed by atoms with van der Waals surface area (Å²) in [5.74, 6) is -0.0567. The molecule has 0 saturated carbocycles. The number of ether oxygens (including phenoxy) is 2. The van der Waals surface area contributed by atoms with Gasteiger partial charge in [-0.05, 0) is 70.9 Å². The standard InChI is InChI=1S/C23H44F2N6O3/c1-16(2)33-15-23(7,8)18(26-13-11-17(3)19(24)25)20-28-29-30-31(20)14-10-9-12-27-21(32)34-22(4,5)6/h16-19,26H,9-15H2,1-8H3,(H,27,32). The lowest BCUT2D eigenvalue weighted by Crippen LogP contribution is -2.40. The molecule has 1 rings (SSSR count). The largest absolute Gasteiger partial charge is 0.444 e.